The van der Waals surface area contributed by atoms with Crippen LogP contribution in [-0.2, 0) is 37.2 Å². The van der Waals surface area contributed by atoms with Crippen molar-refractivity contribution in [2.75, 3.05) is 42.3 Å². The van der Waals surface area contributed by atoms with Gasteiger partial charge in [0.1, 0.15) is 28.5 Å². The maximum absolute atomic E-state index is 13.6. The molecule has 18 nitrogen and oxygen atoms in total. The first kappa shape index (κ1) is 63.3. The van der Waals surface area contributed by atoms with Crippen LogP contribution in [0.5, 0.6) is 11.5 Å². The second-order valence-corrected chi connectivity index (χ2v) is 22.9. The number of nitrogens with zero attached hydrogens (tertiary/aromatic N) is 6. The summed E-state index contributed by atoms with van der Waals surface area (Å²) in [4.78, 5) is 91.0. The minimum Gasteiger partial charge on any atom is -0.485 e. The molecule has 0 aliphatic rings. The van der Waals surface area contributed by atoms with E-state index in [9.17, 15) is 28.8 Å². The fourth-order valence-electron chi connectivity index (χ4n) is 8.62. The number of pyridine rings is 2. The van der Waals surface area contributed by atoms with E-state index in [0.717, 1.165) is 20.6 Å². The van der Waals surface area contributed by atoms with Gasteiger partial charge >= 0.3 is 0 Å². The Morgan fingerprint density at radius 3 is 1.49 bits per heavy atom. The molecule has 0 saturated carbocycles. The van der Waals surface area contributed by atoms with Crippen molar-refractivity contribution in [3.05, 3.63) is 190 Å². The van der Waals surface area contributed by atoms with Gasteiger partial charge in [0.05, 0.1) is 45.9 Å². The number of ether oxygens (including phenoxy) is 2. The fourth-order valence-corrected chi connectivity index (χ4v) is 10.6. The summed E-state index contributed by atoms with van der Waals surface area (Å²) in [5.74, 6) is -1.79. The average Bonchev–Trinajstić information content (AvgIpc) is 2.75. The van der Waals surface area contributed by atoms with Gasteiger partial charge in [0.15, 0.2) is 22.8 Å². The van der Waals surface area contributed by atoms with Crippen LogP contribution < -0.4 is 40.5 Å². The SMILES string of the molecule is Cc1nc2c(OCc3c(Cl)ccc(N(C)C(=O)CNC(=O)/C=C/c4ccc(NC(=O)C(CC(C)C)NC(=O)c5ccc(/C=C/C(=O)NCC(=O)N(C)c6ccc(Cl)c(COc7cccn8c(Br)c(C)nc78)c6Cl)cc5)cc4)c3Cl)cccn2c1Br. The van der Waals surface area contributed by atoms with Crippen LogP contribution in [0.15, 0.2) is 131 Å². The molecule has 0 radical (unpaired) electrons. The van der Waals surface area contributed by atoms with Crippen molar-refractivity contribution in [3.63, 3.8) is 0 Å². The summed E-state index contributed by atoms with van der Waals surface area (Å²) in [5.41, 5.74) is 6.43. The van der Waals surface area contributed by atoms with Crippen LogP contribution in [0.4, 0.5) is 17.1 Å². The Morgan fingerprint density at radius 1 is 0.624 bits per heavy atom. The number of aromatic nitrogens is 4. The maximum Gasteiger partial charge on any atom is 0.251 e. The highest BCUT2D eigenvalue weighted by Crippen LogP contribution is 2.37. The summed E-state index contributed by atoms with van der Waals surface area (Å²) in [5, 5.41) is 12.0. The van der Waals surface area contributed by atoms with Gasteiger partial charge < -0.3 is 40.5 Å². The smallest absolute Gasteiger partial charge is 0.251 e. The summed E-state index contributed by atoms with van der Waals surface area (Å²) in [6.07, 6.45) is 9.69. The quantitative estimate of drug-likeness (QED) is 0.0472. The second kappa shape index (κ2) is 28.4. The van der Waals surface area contributed by atoms with Crippen LogP contribution in [0.2, 0.25) is 20.1 Å². The molecule has 440 valence electrons. The van der Waals surface area contributed by atoms with Crippen LogP contribution in [0.1, 0.15) is 64.3 Å². The minimum atomic E-state index is -0.885. The Balaban J connectivity index is 0.774. The zero-order valence-corrected chi connectivity index (χ0v) is 52.8. The van der Waals surface area contributed by atoms with Crippen LogP contribution in [-0.4, -0.2) is 87.4 Å². The summed E-state index contributed by atoms with van der Waals surface area (Å²) >= 11 is 33.7. The number of hydrogen-bond donors (Lipinski definition) is 4. The molecular weight excluding hydrogens is 1300 g/mol. The molecular formula is C61H56Br2Cl4N10O8. The fraction of sp³-hybridized carbons (Fsp3) is 0.213. The predicted molar refractivity (Wildman–Crippen MR) is 340 cm³/mol. The van der Waals surface area contributed by atoms with Crippen molar-refractivity contribution in [1.29, 1.82) is 0 Å². The number of amides is 6. The van der Waals surface area contributed by atoms with Crippen molar-refractivity contribution in [3.8, 4) is 11.5 Å². The molecule has 24 heteroatoms. The van der Waals surface area contributed by atoms with Gasteiger partial charge in [-0.3, -0.25) is 37.6 Å². The van der Waals surface area contributed by atoms with E-state index in [4.69, 9.17) is 55.9 Å². The third kappa shape index (κ3) is 15.6. The van der Waals surface area contributed by atoms with Gasteiger partial charge in [-0.2, -0.15) is 0 Å². The average molecular weight is 1360 g/mol. The highest BCUT2D eigenvalue weighted by atomic mass is 79.9. The third-order valence-corrected chi connectivity index (χ3v) is 16.8. The number of rotatable bonds is 22. The van der Waals surface area contributed by atoms with Crippen molar-refractivity contribution in [2.45, 2.75) is 53.4 Å². The zero-order chi connectivity index (χ0) is 61.2. The Kier molecular flexibility index (Phi) is 21.2. The Labute approximate surface area is 526 Å². The van der Waals surface area contributed by atoms with Gasteiger partial charge in [-0.25, -0.2) is 9.97 Å². The Bertz CT molecular complexity index is 3930. The Morgan fingerprint density at radius 2 is 1.06 bits per heavy atom. The first-order chi connectivity index (χ1) is 40.6. The summed E-state index contributed by atoms with van der Waals surface area (Å²) in [6.45, 7) is 6.94. The molecule has 6 amide bonds. The number of halogens is 6. The molecule has 0 fully saturated rings. The van der Waals surface area contributed by atoms with Crippen molar-refractivity contribution < 1.29 is 38.2 Å². The highest BCUT2D eigenvalue weighted by molar-refractivity contribution is 9.10. The van der Waals surface area contributed by atoms with Crippen LogP contribution in [0.25, 0.3) is 23.4 Å². The number of likely N-dealkylation sites (N-methyl/N-ethyl adjacent to an activating group) is 2. The predicted octanol–water partition coefficient (Wildman–Crippen LogP) is 12.3. The molecule has 85 heavy (non-hydrogen) atoms. The lowest BCUT2D eigenvalue weighted by molar-refractivity contribution is -0.122. The number of aryl methyl sites for hydroxylation is 2. The van der Waals surface area contributed by atoms with Gasteiger partial charge in [-0.1, -0.05) is 84.5 Å². The molecule has 4 N–H and O–H groups in total. The van der Waals surface area contributed by atoms with Crippen LogP contribution in [0.3, 0.4) is 0 Å². The molecule has 4 heterocycles. The third-order valence-electron chi connectivity index (χ3n) is 13.3. The topological polar surface area (TPSA) is 210 Å². The molecule has 0 spiro atoms. The van der Waals surface area contributed by atoms with Gasteiger partial charge in [0, 0.05) is 71.1 Å². The molecule has 0 saturated heterocycles. The first-order valence-electron chi connectivity index (χ1n) is 26.3. The van der Waals surface area contributed by atoms with E-state index in [1.165, 1.54) is 42.1 Å². The maximum atomic E-state index is 13.6. The molecule has 4 aromatic carbocycles. The van der Waals surface area contributed by atoms with E-state index in [0.29, 0.717) is 78.6 Å². The number of carbonyl (C=O) groups excluding carboxylic acids is 6. The first-order valence-corrected chi connectivity index (χ1v) is 29.4. The lowest BCUT2D eigenvalue weighted by Crippen LogP contribution is -2.44. The van der Waals surface area contributed by atoms with E-state index >= 15 is 0 Å². The van der Waals surface area contributed by atoms with Gasteiger partial charge in [0.2, 0.25) is 29.5 Å². The summed E-state index contributed by atoms with van der Waals surface area (Å²) in [7, 11) is 3.07. The number of hydrogen-bond acceptors (Lipinski definition) is 10. The van der Waals surface area contributed by atoms with Gasteiger partial charge in [-0.05, 0) is 154 Å². The molecule has 0 aliphatic heterocycles. The monoisotopic (exact) mass is 1350 g/mol. The number of nitrogens with one attached hydrogen (secondary N) is 4. The molecule has 1 unspecified atom stereocenters. The molecule has 8 rings (SSSR count). The molecule has 4 aromatic heterocycles. The van der Waals surface area contributed by atoms with Gasteiger partial charge in [-0.15, -0.1) is 0 Å². The molecule has 8 aromatic rings. The number of carbonyl (C=O) groups is 6. The van der Waals surface area contributed by atoms with E-state index in [1.807, 2.05) is 61.0 Å². The van der Waals surface area contributed by atoms with Crippen LogP contribution in [0, 0.1) is 19.8 Å². The summed E-state index contributed by atoms with van der Waals surface area (Å²) < 4.78 is 17.5. The van der Waals surface area contributed by atoms with Crippen molar-refractivity contribution in [2.24, 2.45) is 5.92 Å². The van der Waals surface area contributed by atoms with Crippen LogP contribution >= 0.6 is 78.3 Å². The second-order valence-electron chi connectivity index (χ2n) is 19.8. The number of imidazole rings is 2. The van der Waals surface area contributed by atoms with E-state index in [2.05, 4.69) is 63.1 Å². The molecule has 0 bridgehead atoms. The van der Waals surface area contributed by atoms with Crippen molar-refractivity contribution in [1.82, 2.24) is 34.7 Å². The van der Waals surface area contributed by atoms with E-state index in [-0.39, 0.29) is 47.8 Å². The largest absolute Gasteiger partial charge is 0.485 e. The molecule has 1 atom stereocenters. The number of fused-ring (bicyclic) bond motifs is 2. The number of anilines is 3. The lowest BCUT2D eigenvalue weighted by atomic mass is 10.0. The lowest BCUT2D eigenvalue weighted by Gasteiger charge is -2.21. The van der Waals surface area contributed by atoms with E-state index < -0.39 is 41.5 Å². The standard InChI is InChI=1S/C61H56Br2Cl4N10O8/c1-34(2)29-45(61(83)72-40-19-13-38(14-20-40)16-26-51(79)69-31-53(81)75(6)47-24-22-44(65)42(55(47)67)33-85-49-10-8-28-77-57(63)36(4)71-59(49)77)73-60(82)39-17-11-37(12-18-39)15-25-50(78)68-30-52(80)74(5)46-23-21-43(64)41(54(46)66)32-84-48-9-7-27-76-56(62)35(3)70-58(48)76/h7-28,34,45H,29-33H2,1-6H3,(H,68,78)(H,69,79)(H,72,83)(H,73,82)/b25-15+,26-16+. The molecule has 0 aliphatic carbocycles. The van der Waals surface area contributed by atoms with Crippen molar-refractivity contribution >= 4 is 154 Å². The zero-order valence-electron chi connectivity index (χ0n) is 46.6. The Hall–Kier alpha value is -7.72. The number of benzene rings is 4. The minimum absolute atomic E-state index is 0.00245. The normalized spacial score (nSPS) is 11.8. The highest BCUT2D eigenvalue weighted by Gasteiger charge is 2.25. The van der Waals surface area contributed by atoms with E-state index in [1.54, 1.807) is 91.0 Å². The van der Waals surface area contributed by atoms with Gasteiger partial charge in [0.25, 0.3) is 5.91 Å². The summed E-state index contributed by atoms with van der Waals surface area (Å²) in [6, 6.07) is 25.9.